The van der Waals surface area contributed by atoms with Crippen molar-refractivity contribution >= 4 is 44.9 Å². The van der Waals surface area contributed by atoms with Crippen molar-refractivity contribution in [3.05, 3.63) is 50.2 Å². The van der Waals surface area contributed by atoms with Crippen molar-refractivity contribution in [2.45, 2.75) is 0 Å². The lowest BCUT2D eigenvalue weighted by Gasteiger charge is -2.04. The molecule has 2 rings (SSSR count). The van der Waals surface area contributed by atoms with Crippen LogP contribution in [0.5, 0.6) is 0 Å². The Morgan fingerprint density at radius 3 is 2.35 bits per heavy atom. The number of aryl methyl sites for hydroxylation is 1. The summed E-state index contributed by atoms with van der Waals surface area (Å²) < 4.78 is 2.14. The molecule has 0 N–H and O–H groups in total. The van der Waals surface area contributed by atoms with Gasteiger partial charge in [0.2, 0.25) is 5.78 Å². The summed E-state index contributed by atoms with van der Waals surface area (Å²) in [7, 11) is 1.70. The number of halogens is 3. The van der Waals surface area contributed by atoms with Gasteiger partial charge in [0.25, 0.3) is 0 Å². The number of rotatable bonds is 2. The minimum absolute atomic E-state index is 0.179. The summed E-state index contributed by atoms with van der Waals surface area (Å²) in [5.74, 6) is -0.179. The summed E-state index contributed by atoms with van der Waals surface area (Å²) in [6, 6.07) is 4.74. The number of hydrogen-bond donors (Lipinski definition) is 0. The van der Waals surface area contributed by atoms with Crippen LogP contribution in [0, 0.1) is 0 Å². The first-order chi connectivity index (χ1) is 7.99. The summed E-state index contributed by atoms with van der Waals surface area (Å²) in [4.78, 5) is 12.2. The Bertz CT molecular complexity index is 555. The highest BCUT2D eigenvalue weighted by Gasteiger charge is 2.18. The molecular formula is C11H7BrCl2N2O. The maximum absolute atomic E-state index is 12.2. The molecule has 1 aromatic carbocycles. The van der Waals surface area contributed by atoms with Gasteiger partial charge in [0.05, 0.1) is 10.7 Å². The highest BCUT2D eigenvalue weighted by Crippen LogP contribution is 2.24. The van der Waals surface area contributed by atoms with Crippen LogP contribution in [-0.2, 0) is 7.05 Å². The van der Waals surface area contributed by atoms with Gasteiger partial charge in [-0.05, 0) is 34.1 Å². The molecule has 3 nitrogen and oxygen atoms in total. The number of benzene rings is 1. The Labute approximate surface area is 116 Å². The molecule has 0 saturated carbocycles. The number of carbonyl (C=O) groups is 1. The highest BCUT2D eigenvalue weighted by molar-refractivity contribution is 9.10. The number of aromatic nitrogens is 2. The SMILES string of the molecule is Cn1ncc(Br)c1C(=O)c1cc(Cl)cc(Cl)c1. The van der Waals surface area contributed by atoms with Crippen LogP contribution in [0.2, 0.25) is 10.0 Å². The molecule has 0 aliphatic rings. The van der Waals surface area contributed by atoms with Gasteiger partial charge in [0.15, 0.2) is 0 Å². The molecule has 0 aliphatic heterocycles. The zero-order chi connectivity index (χ0) is 12.6. The maximum Gasteiger partial charge on any atom is 0.212 e. The van der Waals surface area contributed by atoms with Crippen LogP contribution in [0.1, 0.15) is 16.1 Å². The maximum atomic E-state index is 12.2. The molecule has 1 aromatic heterocycles. The molecule has 0 amide bonds. The zero-order valence-electron chi connectivity index (χ0n) is 8.75. The second kappa shape index (κ2) is 4.80. The van der Waals surface area contributed by atoms with E-state index in [1.54, 1.807) is 31.4 Å². The van der Waals surface area contributed by atoms with Crippen LogP contribution in [0.3, 0.4) is 0 Å². The summed E-state index contributed by atoms with van der Waals surface area (Å²) in [5, 5.41) is 4.85. The molecule has 0 unspecified atom stereocenters. The summed E-state index contributed by atoms with van der Waals surface area (Å²) in [6.45, 7) is 0. The van der Waals surface area contributed by atoms with Gasteiger partial charge < -0.3 is 0 Å². The van der Waals surface area contributed by atoms with Crippen molar-refractivity contribution in [1.29, 1.82) is 0 Å². The van der Waals surface area contributed by atoms with Gasteiger partial charge in [-0.2, -0.15) is 5.10 Å². The molecule has 0 aliphatic carbocycles. The molecule has 0 fully saturated rings. The lowest BCUT2D eigenvalue weighted by molar-refractivity contribution is 0.102. The number of carbonyl (C=O) groups excluding carboxylic acids is 1. The average molecular weight is 334 g/mol. The van der Waals surface area contributed by atoms with Gasteiger partial charge in [0, 0.05) is 22.7 Å². The summed E-state index contributed by atoms with van der Waals surface area (Å²) >= 11 is 15.0. The van der Waals surface area contributed by atoms with Gasteiger partial charge >= 0.3 is 0 Å². The van der Waals surface area contributed by atoms with E-state index in [4.69, 9.17) is 23.2 Å². The number of nitrogens with zero attached hydrogens (tertiary/aromatic N) is 2. The smallest absolute Gasteiger partial charge is 0.212 e. The Balaban J connectivity index is 2.51. The van der Waals surface area contributed by atoms with Crippen LogP contribution in [0.15, 0.2) is 28.9 Å². The van der Waals surface area contributed by atoms with Crippen LogP contribution < -0.4 is 0 Å². The number of ketones is 1. The van der Waals surface area contributed by atoms with E-state index in [0.29, 0.717) is 25.8 Å². The van der Waals surface area contributed by atoms with E-state index in [1.807, 2.05) is 0 Å². The Hall–Kier alpha value is -0.840. The first-order valence-corrected chi connectivity index (χ1v) is 6.22. The van der Waals surface area contributed by atoms with Crippen molar-refractivity contribution in [3.63, 3.8) is 0 Å². The van der Waals surface area contributed by atoms with Crippen molar-refractivity contribution in [3.8, 4) is 0 Å². The Morgan fingerprint density at radius 2 is 1.88 bits per heavy atom. The fourth-order valence-corrected chi connectivity index (χ4v) is 2.54. The third-order valence-electron chi connectivity index (χ3n) is 2.23. The second-order valence-corrected chi connectivity index (χ2v) is 5.18. The van der Waals surface area contributed by atoms with Crippen molar-refractivity contribution in [2.24, 2.45) is 7.05 Å². The summed E-state index contributed by atoms with van der Waals surface area (Å²) in [6.07, 6.45) is 1.57. The number of hydrogen-bond acceptors (Lipinski definition) is 2. The quantitative estimate of drug-likeness (QED) is 0.785. The molecule has 2 aromatic rings. The molecule has 0 spiro atoms. The van der Waals surface area contributed by atoms with E-state index in [1.165, 1.54) is 4.68 Å². The largest absolute Gasteiger partial charge is 0.287 e. The fourth-order valence-electron chi connectivity index (χ4n) is 1.49. The Kier molecular flexibility index (Phi) is 3.56. The molecular weight excluding hydrogens is 327 g/mol. The molecule has 17 heavy (non-hydrogen) atoms. The van der Waals surface area contributed by atoms with E-state index >= 15 is 0 Å². The third-order valence-corrected chi connectivity index (χ3v) is 3.25. The van der Waals surface area contributed by atoms with Crippen molar-refractivity contribution in [2.75, 3.05) is 0 Å². The van der Waals surface area contributed by atoms with Crippen molar-refractivity contribution < 1.29 is 4.79 Å². The highest BCUT2D eigenvalue weighted by atomic mass is 79.9. The second-order valence-electron chi connectivity index (χ2n) is 3.45. The Morgan fingerprint density at radius 1 is 1.29 bits per heavy atom. The standard InChI is InChI=1S/C11H7BrCl2N2O/c1-16-10(9(12)5-15-16)11(17)6-2-7(13)4-8(14)3-6/h2-5H,1H3. The first kappa shape index (κ1) is 12.6. The molecule has 0 radical (unpaired) electrons. The van der Waals surface area contributed by atoms with E-state index in [9.17, 15) is 4.79 Å². The normalized spacial score (nSPS) is 10.6. The van der Waals surface area contributed by atoms with Gasteiger partial charge in [0.1, 0.15) is 5.69 Å². The van der Waals surface area contributed by atoms with E-state index < -0.39 is 0 Å². The molecule has 0 bridgehead atoms. The monoisotopic (exact) mass is 332 g/mol. The van der Waals surface area contributed by atoms with Crippen LogP contribution in [0.25, 0.3) is 0 Å². The van der Waals surface area contributed by atoms with E-state index in [0.717, 1.165) is 0 Å². The first-order valence-electron chi connectivity index (χ1n) is 4.67. The van der Waals surface area contributed by atoms with Crippen molar-refractivity contribution in [1.82, 2.24) is 9.78 Å². The van der Waals surface area contributed by atoms with Gasteiger partial charge in [-0.3, -0.25) is 9.48 Å². The summed E-state index contributed by atoms with van der Waals surface area (Å²) in [5.41, 5.74) is 0.898. The molecule has 0 atom stereocenters. The predicted octanol–water partition coefficient (Wildman–Crippen LogP) is 3.72. The molecule has 88 valence electrons. The fraction of sp³-hybridized carbons (Fsp3) is 0.0909. The minimum atomic E-state index is -0.179. The third kappa shape index (κ3) is 2.54. The van der Waals surface area contributed by atoms with Gasteiger partial charge in [-0.25, -0.2) is 0 Å². The van der Waals surface area contributed by atoms with Crippen LogP contribution in [0.4, 0.5) is 0 Å². The van der Waals surface area contributed by atoms with E-state index in [2.05, 4.69) is 21.0 Å². The zero-order valence-corrected chi connectivity index (χ0v) is 11.8. The van der Waals surface area contributed by atoms with Gasteiger partial charge in [-0.15, -0.1) is 0 Å². The lowest BCUT2D eigenvalue weighted by Crippen LogP contribution is -2.09. The topological polar surface area (TPSA) is 34.9 Å². The lowest BCUT2D eigenvalue weighted by atomic mass is 10.1. The predicted molar refractivity (Wildman–Crippen MR) is 70.8 cm³/mol. The van der Waals surface area contributed by atoms with Crippen LogP contribution >= 0.6 is 39.1 Å². The van der Waals surface area contributed by atoms with Crippen LogP contribution in [-0.4, -0.2) is 15.6 Å². The minimum Gasteiger partial charge on any atom is -0.287 e. The average Bonchev–Trinajstić information content (AvgIpc) is 2.56. The molecule has 6 heteroatoms. The van der Waals surface area contributed by atoms with Gasteiger partial charge in [-0.1, -0.05) is 23.2 Å². The molecule has 0 saturated heterocycles. The molecule has 1 heterocycles. The van der Waals surface area contributed by atoms with E-state index in [-0.39, 0.29) is 5.78 Å².